The molecule has 1 aromatic heterocycles. The molecule has 0 spiro atoms. The summed E-state index contributed by atoms with van der Waals surface area (Å²) in [5, 5.41) is 11.3. The molecule has 4 rings (SSSR count). The molecule has 1 fully saturated rings. The Bertz CT molecular complexity index is 996. The fourth-order valence-corrected chi connectivity index (χ4v) is 5.42. The minimum atomic E-state index is 0.531. The quantitative estimate of drug-likeness (QED) is 0.709. The molecular formula is C21H24ClN4S+. The largest absolute Gasteiger partial charge is 0.366 e. The Morgan fingerprint density at radius 3 is 2.89 bits per heavy atom. The first-order chi connectivity index (χ1) is 13.2. The van der Waals surface area contributed by atoms with Crippen molar-refractivity contribution in [3.05, 3.63) is 45.7 Å². The Morgan fingerprint density at radius 1 is 1.30 bits per heavy atom. The van der Waals surface area contributed by atoms with Crippen molar-refractivity contribution in [2.24, 2.45) is 0 Å². The van der Waals surface area contributed by atoms with Gasteiger partial charge in [-0.25, -0.2) is 9.13 Å². The summed E-state index contributed by atoms with van der Waals surface area (Å²) in [7, 11) is 0. The number of nitrogens with zero attached hydrogens (tertiary/aromatic N) is 4. The summed E-state index contributed by atoms with van der Waals surface area (Å²) in [6.07, 6.45) is 6.79. The van der Waals surface area contributed by atoms with Crippen LogP contribution >= 0.6 is 23.4 Å². The Balaban J connectivity index is 1.87. The van der Waals surface area contributed by atoms with Crippen LogP contribution in [0.5, 0.6) is 0 Å². The van der Waals surface area contributed by atoms with Crippen LogP contribution in [0.15, 0.2) is 29.3 Å². The Hall–Kier alpha value is -1.90. The van der Waals surface area contributed by atoms with Gasteiger partial charge in [-0.05, 0) is 38.8 Å². The van der Waals surface area contributed by atoms with Crippen molar-refractivity contribution in [1.29, 1.82) is 5.26 Å². The summed E-state index contributed by atoms with van der Waals surface area (Å²) in [5.74, 6) is 2.43. The predicted molar refractivity (Wildman–Crippen MR) is 113 cm³/mol. The van der Waals surface area contributed by atoms with Crippen LogP contribution in [0, 0.1) is 11.3 Å². The summed E-state index contributed by atoms with van der Waals surface area (Å²) in [4.78, 5) is 2.44. The molecule has 0 aliphatic carbocycles. The van der Waals surface area contributed by atoms with E-state index in [0.717, 1.165) is 50.1 Å². The van der Waals surface area contributed by atoms with Gasteiger partial charge in [0.05, 0.1) is 28.7 Å². The molecule has 2 aromatic rings. The second-order valence-corrected chi connectivity index (χ2v) is 8.40. The van der Waals surface area contributed by atoms with Crippen LogP contribution in [0.3, 0.4) is 0 Å². The van der Waals surface area contributed by atoms with Gasteiger partial charge in [0, 0.05) is 36.5 Å². The molecule has 0 N–H and O–H groups in total. The van der Waals surface area contributed by atoms with Gasteiger partial charge in [0.2, 0.25) is 0 Å². The number of allylic oxidation sites excluding steroid dienone is 3. The molecule has 1 saturated heterocycles. The van der Waals surface area contributed by atoms with E-state index in [4.69, 9.17) is 11.6 Å². The van der Waals surface area contributed by atoms with Gasteiger partial charge in [-0.15, -0.1) is 11.8 Å². The van der Waals surface area contributed by atoms with Crippen molar-refractivity contribution in [1.82, 2.24) is 9.47 Å². The number of nitriles is 1. The molecule has 0 unspecified atom stereocenters. The van der Waals surface area contributed by atoms with Crippen molar-refractivity contribution < 1.29 is 4.57 Å². The van der Waals surface area contributed by atoms with Crippen molar-refractivity contribution in [2.45, 2.75) is 39.8 Å². The van der Waals surface area contributed by atoms with Crippen LogP contribution < -0.4 is 4.57 Å². The third-order valence-electron chi connectivity index (χ3n) is 5.44. The lowest BCUT2D eigenvalue weighted by Gasteiger charge is -2.16. The van der Waals surface area contributed by atoms with E-state index < -0.39 is 0 Å². The minimum Gasteiger partial charge on any atom is -0.366 e. The molecule has 0 amide bonds. The van der Waals surface area contributed by atoms with Gasteiger partial charge in [0.25, 0.3) is 5.82 Å². The van der Waals surface area contributed by atoms with E-state index in [-0.39, 0.29) is 0 Å². The van der Waals surface area contributed by atoms with E-state index >= 15 is 0 Å². The highest BCUT2D eigenvalue weighted by atomic mass is 35.5. The standard InChI is InChI=1S/C21H24ClN4S/c1-3-24-10-11-27-20(24)8-7-15-6-5-9-26-18-12-16(14-23)17(22)13-19(18)25(4-2)21(15)26/h7-8,12-13H,3-6,9-11H2,1-2H3/q+1. The SMILES string of the molecule is CCN1CCSC1=CC=C1CCC[n+]2c1n(CC)c1cc(Cl)c(C#N)cc12. The first kappa shape index (κ1) is 18.5. The third kappa shape index (κ3) is 3.15. The van der Waals surface area contributed by atoms with Gasteiger partial charge in [-0.1, -0.05) is 11.6 Å². The number of hydrogen-bond donors (Lipinski definition) is 0. The average molecular weight is 400 g/mol. The summed E-state index contributed by atoms with van der Waals surface area (Å²) in [6, 6.07) is 6.11. The van der Waals surface area contributed by atoms with Crippen LogP contribution in [0.25, 0.3) is 16.6 Å². The lowest BCUT2D eigenvalue weighted by Crippen LogP contribution is -2.40. The van der Waals surface area contributed by atoms with Crippen LogP contribution in [0.1, 0.15) is 38.1 Å². The van der Waals surface area contributed by atoms with E-state index in [9.17, 15) is 5.26 Å². The molecule has 6 heteroatoms. The van der Waals surface area contributed by atoms with Gasteiger partial charge in [-0.2, -0.15) is 5.26 Å². The van der Waals surface area contributed by atoms with Crippen molar-refractivity contribution in [3.63, 3.8) is 0 Å². The topological polar surface area (TPSA) is 35.8 Å². The zero-order valence-corrected chi connectivity index (χ0v) is 17.4. The Labute approximate surface area is 169 Å². The maximum Gasteiger partial charge on any atom is 0.285 e. The van der Waals surface area contributed by atoms with Crippen LogP contribution in [-0.4, -0.2) is 28.3 Å². The predicted octanol–water partition coefficient (Wildman–Crippen LogP) is 4.56. The van der Waals surface area contributed by atoms with E-state index in [1.54, 1.807) is 0 Å². The molecule has 0 bridgehead atoms. The molecule has 4 nitrogen and oxygen atoms in total. The highest BCUT2D eigenvalue weighted by molar-refractivity contribution is 8.03. The monoisotopic (exact) mass is 399 g/mol. The third-order valence-corrected chi connectivity index (χ3v) is 6.83. The summed E-state index contributed by atoms with van der Waals surface area (Å²) < 4.78 is 4.70. The lowest BCUT2D eigenvalue weighted by atomic mass is 10.1. The first-order valence-electron chi connectivity index (χ1n) is 9.62. The maximum atomic E-state index is 9.38. The number of rotatable bonds is 3. The number of fused-ring (bicyclic) bond motifs is 3. The number of thioether (sulfide) groups is 1. The minimum absolute atomic E-state index is 0.531. The molecule has 0 radical (unpaired) electrons. The van der Waals surface area contributed by atoms with Gasteiger partial charge < -0.3 is 4.90 Å². The summed E-state index contributed by atoms with van der Waals surface area (Å²) in [6.45, 7) is 8.45. The van der Waals surface area contributed by atoms with Crippen LogP contribution in [0.2, 0.25) is 5.02 Å². The zero-order chi connectivity index (χ0) is 19.0. The summed E-state index contributed by atoms with van der Waals surface area (Å²) >= 11 is 8.28. The highest BCUT2D eigenvalue weighted by Gasteiger charge is 2.31. The molecular weight excluding hydrogens is 376 g/mol. The zero-order valence-electron chi connectivity index (χ0n) is 15.8. The maximum absolute atomic E-state index is 9.38. The van der Waals surface area contributed by atoms with E-state index in [0.29, 0.717) is 10.6 Å². The molecule has 27 heavy (non-hydrogen) atoms. The number of benzene rings is 1. The first-order valence-corrected chi connectivity index (χ1v) is 11.0. The van der Waals surface area contributed by atoms with Gasteiger partial charge in [0.15, 0.2) is 11.0 Å². The summed E-state index contributed by atoms with van der Waals surface area (Å²) in [5.41, 5.74) is 4.13. The number of aryl methyl sites for hydroxylation is 2. The fourth-order valence-electron chi connectivity index (χ4n) is 4.13. The van der Waals surface area contributed by atoms with E-state index in [1.165, 1.54) is 22.2 Å². The molecule has 2 aliphatic rings. The fraction of sp³-hybridized carbons (Fsp3) is 0.429. The number of halogens is 1. The van der Waals surface area contributed by atoms with Crippen molar-refractivity contribution >= 4 is 40.0 Å². The van der Waals surface area contributed by atoms with Gasteiger partial charge >= 0.3 is 0 Å². The van der Waals surface area contributed by atoms with Crippen LogP contribution in [-0.2, 0) is 13.1 Å². The van der Waals surface area contributed by atoms with Gasteiger partial charge in [0.1, 0.15) is 6.07 Å². The molecule has 3 heterocycles. The number of hydrogen-bond acceptors (Lipinski definition) is 3. The number of imidazole rings is 1. The molecule has 2 aliphatic heterocycles. The van der Waals surface area contributed by atoms with E-state index in [2.05, 4.69) is 46.1 Å². The lowest BCUT2D eigenvalue weighted by molar-refractivity contribution is -0.678. The average Bonchev–Trinajstić information content (AvgIpc) is 3.27. The molecule has 1 aromatic carbocycles. The molecule has 0 atom stereocenters. The Kier molecular flexibility index (Phi) is 5.21. The smallest absolute Gasteiger partial charge is 0.285 e. The molecule has 140 valence electrons. The van der Waals surface area contributed by atoms with E-state index in [1.807, 2.05) is 23.9 Å². The highest BCUT2D eigenvalue weighted by Crippen LogP contribution is 2.32. The van der Waals surface area contributed by atoms with Crippen molar-refractivity contribution in [3.8, 4) is 6.07 Å². The van der Waals surface area contributed by atoms with Crippen LogP contribution in [0.4, 0.5) is 0 Å². The normalized spacial score (nSPS) is 19.9. The Morgan fingerprint density at radius 2 is 2.15 bits per heavy atom. The second-order valence-electron chi connectivity index (χ2n) is 6.88. The molecule has 0 saturated carbocycles. The second kappa shape index (κ2) is 7.61. The number of aromatic nitrogens is 2. The van der Waals surface area contributed by atoms with Crippen molar-refractivity contribution in [2.75, 3.05) is 18.8 Å². The van der Waals surface area contributed by atoms with Gasteiger partial charge in [-0.3, -0.25) is 0 Å².